The number of aliphatic hydroxyl groups excluding tert-OH is 1. The van der Waals surface area contributed by atoms with Crippen LogP contribution in [0, 0.1) is 0 Å². The van der Waals surface area contributed by atoms with Crippen LogP contribution in [0.3, 0.4) is 0 Å². The normalized spacial score (nSPS) is 13.1. The minimum Gasteiger partial charge on any atom is -0.408 e. The minimum atomic E-state index is -0.502. The summed E-state index contributed by atoms with van der Waals surface area (Å²) >= 11 is 1.70. The Morgan fingerprint density at radius 3 is 3.00 bits per heavy atom. The number of nitrogens with zero attached hydrogens (tertiary/aromatic N) is 1. The lowest BCUT2D eigenvalue weighted by molar-refractivity contribution is 0.175. The van der Waals surface area contributed by atoms with E-state index in [1.165, 1.54) is 4.57 Å². The number of oxazole rings is 1. The summed E-state index contributed by atoms with van der Waals surface area (Å²) in [6.45, 7) is 0. The van der Waals surface area contributed by atoms with E-state index in [9.17, 15) is 9.90 Å². The van der Waals surface area contributed by atoms with Gasteiger partial charge in [0.25, 0.3) is 0 Å². The van der Waals surface area contributed by atoms with Gasteiger partial charge in [0.2, 0.25) is 0 Å². The summed E-state index contributed by atoms with van der Waals surface area (Å²) in [4.78, 5) is 11.3. The zero-order valence-electron chi connectivity index (χ0n) is 9.84. The summed E-state index contributed by atoms with van der Waals surface area (Å²) in [7, 11) is 1.66. The van der Waals surface area contributed by atoms with Crippen LogP contribution in [0.4, 0.5) is 0 Å². The molecule has 92 valence electrons. The highest BCUT2D eigenvalue weighted by Gasteiger charge is 2.11. The van der Waals surface area contributed by atoms with Crippen LogP contribution in [0.25, 0.3) is 11.1 Å². The van der Waals surface area contributed by atoms with Crippen molar-refractivity contribution in [1.29, 1.82) is 0 Å². The first-order valence-corrected chi connectivity index (χ1v) is 6.79. The quantitative estimate of drug-likeness (QED) is 0.904. The molecule has 2 aromatic rings. The van der Waals surface area contributed by atoms with Crippen LogP contribution in [-0.4, -0.2) is 21.7 Å². The predicted octanol–water partition coefficient (Wildman–Crippen LogP) is 1.92. The molecule has 0 fully saturated rings. The van der Waals surface area contributed by atoms with Crippen molar-refractivity contribution < 1.29 is 9.52 Å². The number of aromatic nitrogens is 1. The summed E-state index contributed by atoms with van der Waals surface area (Å²) in [5, 5.41) is 9.95. The van der Waals surface area contributed by atoms with Gasteiger partial charge in [-0.25, -0.2) is 4.79 Å². The SMILES string of the molecule is CSCCC(O)c1ccc2c(c1)oc(=O)n2C. The van der Waals surface area contributed by atoms with Crippen LogP contribution in [-0.2, 0) is 7.05 Å². The monoisotopic (exact) mass is 253 g/mol. The minimum absolute atomic E-state index is 0.379. The lowest BCUT2D eigenvalue weighted by Gasteiger charge is -2.09. The van der Waals surface area contributed by atoms with Gasteiger partial charge in [0.15, 0.2) is 5.58 Å². The molecule has 1 aromatic heterocycles. The number of fused-ring (bicyclic) bond motifs is 1. The van der Waals surface area contributed by atoms with Gasteiger partial charge in [0.1, 0.15) is 0 Å². The van der Waals surface area contributed by atoms with Crippen LogP contribution in [0.2, 0.25) is 0 Å². The Bertz CT molecular complexity index is 573. The number of aliphatic hydroxyl groups is 1. The average Bonchev–Trinajstić information content (AvgIpc) is 2.61. The van der Waals surface area contributed by atoms with Gasteiger partial charge in [0, 0.05) is 7.05 Å². The second-order valence-corrected chi connectivity index (χ2v) is 4.94. The Kier molecular flexibility index (Phi) is 3.59. The number of thioether (sulfide) groups is 1. The van der Waals surface area contributed by atoms with E-state index in [1.807, 2.05) is 12.3 Å². The molecular formula is C12H15NO3S. The molecule has 0 aliphatic carbocycles. The average molecular weight is 253 g/mol. The molecule has 1 atom stereocenters. The van der Waals surface area contributed by atoms with Crippen molar-refractivity contribution >= 4 is 22.9 Å². The van der Waals surface area contributed by atoms with E-state index in [0.717, 1.165) is 16.8 Å². The van der Waals surface area contributed by atoms with E-state index in [2.05, 4.69) is 0 Å². The second-order valence-electron chi connectivity index (χ2n) is 3.95. The molecule has 2 rings (SSSR count). The van der Waals surface area contributed by atoms with E-state index in [-0.39, 0.29) is 5.76 Å². The van der Waals surface area contributed by atoms with Crippen molar-refractivity contribution in [3.05, 3.63) is 34.3 Å². The first-order chi connectivity index (χ1) is 8.13. The molecule has 1 unspecified atom stereocenters. The molecule has 1 aromatic carbocycles. The van der Waals surface area contributed by atoms with E-state index < -0.39 is 6.10 Å². The maximum Gasteiger partial charge on any atom is 0.419 e. The summed E-state index contributed by atoms with van der Waals surface area (Å²) < 4.78 is 6.54. The Hall–Kier alpha value is -1.20. The molecule has 0 amide bonds. The molecule has 0 spiro atoms. The fraction of sp³-hybridized carbons (Fsp3) is 0.417. The van der Waals surface area contributed by atoms with Gasteiger partial charge in [-0.2, -0.15) is 11.8 Å². The fourth-order valence-electron chi connectivity index (χ4n) is 1.75. The molecule has 0 radical (unpaired) electrons. The van der Waals surface area contributed by atoms with E-state index in [4.69, 9.17) is 4.42 Å². The first kappa shape index (κ1) is 12.3. The van der Waals surface area contributed by atoms with Crippen molar-refractivity contribution in [2.45, 2.75) is 12.5 Å². The molecule has 0 aliphatic heterocycles. The number of benzene rings is 1. The number of aryl methyl sites for hydroxylation is 1. The van der Waals surface area contributed by atoms with Crippen molar-refractivity contribution in [3.8, 4) is 0 Å². The second kappa shape index (κ2) is 4.98. The molecule has 4 nitrogen and oxygen atoms in total. The molecule has 0 saturated heterocycles. The Morgan fingerprint density at radius 2 is 2.29 bits per heavy atom. The maximum atomic E-state index is 11.3. The van der Waals surface area contributed by atoms with Crippen LogP contribution in [0.15, 0.2) is 27.4 Å². The highest BCUT2D eigenvalue weighted by molar-refractivity contribution is 7.98. The Labute approximate surface area is 103 Å². The lowest BCUT2D eigenvalue weighted by atomic mass is 10.1. The van der Waals surface area contributed by atoms with Crippen molar-refractivity contribution in [2.75, 3.05) is 12.0 Å². The largest absolute Gasteiger partial charge is 0.419 e. The van der Waals surface area contributed by atoms with Gasteiger partial charge < -0.3 is 9.52 Å². The third kappa shape index (κ3) is 2.40. The smallest absolute Gasteiger partial charge is 0.408 e. The summed E-state index contributed by atoms with van der Waals surface area (Å²) in [6, 6.07) is 5.38. The lowest BCUT2D eigenvalue weighted by Crippen LogP contribution is -2.08. The molecular weight excluding hydrogens is 238 g/mol. The predicted molar refractivity (Wildman–Crippen MR) is 69.4 cm³/mol. The highest BCUT2D eigenvalue weighted by Crippen LogP contribution is 2.22. The van der Waals surface area contributed by atoms with Crippen molar-refractivity contribution in [3.63, 3.8) is 0 Å². The molecule has 0 saturated carbocycles. The number of hydrogen-bond donors (Lipinski definition) is 1. The van der Waals surface area contributed by atoms with Gasteiger partial charge in [-0.3, -0.25) is 4.57 Å². The number of hydrogen-bond acceptors (Lipinski definition) is 4. The van der Waals surface area contributed by atoms with Gasteiger partial charge in [-0.1, -0.05) is 6.07 Å². The Balaban J connectivity index is 2.34. The molecule has 1 heterocycles. The highest BCUT2D eigenvalue weighted by atomic mass is 32.2. The maximum absolute atomic E-state index is 11.3. The first-order valence-electron chi connectivity index (χ1n) is 5.40. The van der Waals surface area contributed by atoms with Gasteiger partial charge in [0.05, 0.1) is 11.6 Å². The van der Waals surface area contributed by atoms with Crippen molar-refractivity contribution in [2.24, 2.45) is 7.05 Å². The third-order valence-electron chi connectivity index (χ3n) is 2.80. The van der Waals surface area contributed by atoms with Gasteiger partial charge >= 0.3 is 5.76 Å². The van der Waals surface area contributed by atoms with E-state index >= 15 is 0 Å². The van der Waals surface area contributed by atoms with Crippen LogP contribution < -0.4 is 5.76 Å². The number of rotatable bonds is 4. The third-order valence-corrected chi connectivity index (χ3v) is 3.44. The summed E-state index contributed by atoms with van der Waals surface area (Å²) in [6.07, 6.45) is 2.20. The zero-order chi connectivity index (χ0) is 12.4. The molecule has 0 bridgehead atoms. The Morgan fingerprint density at radius 1 is 1.53 bits per heavy atom. The fourth-order valence-corrected chi connectivity index (χ4v) is 2.21. The van der Waals surface area contributed by atoms with Gasteiger partial charge in [-0.15, -0.1) is 0 Å². The molecule has 1 N–H and O–H groups in total. The van der Waals surface area contributed by atoms with Crippen LogP contribution in [0.1, 0.15) is 18.1 Å². The summed E-state index contributed by atoms with van der Waals surface area (Å²) in [5.74, 6) is 0.522. The topological polar surface area (TPSA) is 55.4 Å². The van der Waals surface area contributed by atoms with E-state index in [0.29, 0.717) is 12.0 Å². The molecule has 5 heteroatoms. The van der Waals surface area contributed by atoms with Crippen LogP contribution >= 0.6 is 11.8 Å². The summed E-state index contributed by atoms with van der Waals surface area (Å²) in [5.41, 5.74) is 2.06. The van der Waals surface area contributed by atoms with Crippen LogP contribution in [0.5, 0.6) is 0 Å². The van der Waals surface area contributed by atoms with E-state index in [1.54, 1.807) is 30.9 Å². The molecule has 0 aliphatic rings. The van der Waals surface area contributed by atoms with Crippen molar-refractivity contribution in [1.82, 2.24) is 4.57 Å². The molecule has 17 heavy (non-hydrogen) atoms. The standard InChI is InChI=1S/C12H15NO3S/c1-13-9-4-3-8(10(14)5-6-17-2)7-11(9)16-12(13)15/h3-4,7,10,14H,5-6H2,1-2H3. The zero-order valence-corrected chi connectivity index (χ0v) is 10.7. The van der Waals surface area contributed by atoms with Gasteiger partial charge in [-0.05, 0) is 36.1 Å².